The van der Waals surface area contributed by atoms with Gasteiger partial charge >= 0.3 is 5.97 Å². The van der Waals surface area contributed by atoms with Crippen LogP contribution in [-0.4, -0.2) is 63.1 Å². The van der Waals surface area contributed by atoms with Crippen LogP contribution >= 0.6 is 0 Å². The molecule has 37 heavy (non-hydrogen) atoms. The number of methoxy groups -OCH3 is 1. The highest BCUT2D eigenvalue weighted by atomic mass is 35.5. The number of halogens is 1. The number of hydrogen-bond donors (Lipinski definition) is 4. The lowest BCUT2D eigenvalue weighted by Gasteiger charge is -2.23. The largest absolute Gasteiger partial charge is 1.00 e. The first-order chi connectivity index (χ1) is 17.3. The van der Waals surface area contributed by atoms with Crippen molar-refractivity contribution in [1.82, 2.24) is 16.0 Å². The monoisotopic (exact) mass is 538 g/mol. The minimum atomic E-state index is -1.10. The molecular weight excluding hydrogens is 500 g/mol. The van der Waals surface area contributed by atoms with E-state index in [1.165, 1.54) is 20.2 Å². The lowest BCUT2D eigenvalue weighted by atomic mass is 9.97. The second-order valence-electron chi connectivity index (χ2n) is 8.13. The molecule has 0 radical (unpaired) electrons. The summed E-state index contributed by atoms with van der Waals surface area (Å²) in [5.41, 5.74) is 4.59. The van der Waals surface area contributed by atoms with Gasteiger partial charge in [0.05, 0.1) is 13.7 Å². The standard InChI is InChI=1S/C26H38N4O6.ClH/c1-5-9-21(26(34)35-4)29-23(31)20(10-7-8-15-27)24(32)30-22(25(33)28-3)17-18-11-13-19(14-12-18)36-16-6-2;/h5-6,11-14,20-22H,1-2,7-10,15-17,27H2,3-4H3,(H,28,33)(H,29,31)(H,30,32);1H/t20-,21+,22+;/m1./s1. The Morgan fingerprint density at radius 2 is 1.59 bits per heavy atom. The molecule has 0 bridgehead atoms. The van der Waals surface area contributed by atoms with E-state index < -0.39 is 41.7 Å². The predicted molar refractivity (Wildman–Crippen MR) is 136 cm³/mol. The number of esters is 1. The van der Waals surface area contributed by atoms with Crippen LogP contribution in [0.5, 0.6) is 5.75 Å². The van der Waals surface area contributed by atoms with E-state index in [0.29, 0.717) is 25.3 Å². The van der Waals surface area contributed by atoms with Gasteiger partial charge in [0.25, 0.3) is 0 Å². The summed E-state index contributed by atoms with van der Waals surface area (Å²) in [6.07, 6.45) is 5.03. The fourth-order valence-corrected chi connectivity index (χ4v) is 3.47. The Labute approximate surface area is 224 Å². The number of quaternary nitrogens is 1. The summed E-state index contributed by atoms with van der Waals surface area (Å²) in [6.45, 7) is 8.23. The maximum absolute atomic E-state index is 13.2. The molecule has 0 saturated heterocycles. The van der Waals surface area contributed by atoms with Crippen molar-refractivity contribution in [2.24, 2.45) is 5.92 Å². The molecule has 6 N–H and O–H groups in total. The topological polar surface area (TPSA) is 150 Å². The molecule has 0 aliphatic rings. The first kappa shape index (κ1) is 33.6. The highest BCUT2D eigenvalue weighted by molar-refractivity contribution is 6.02. The van der Waals surface area contributed by atoms with Gasteiger partial charge in [0.1, 0.15) is 30.4 Å². The Hall–Kier alpha value is -3.37. The molecule has 11 heteroatoms. The van der Waals surface area contributed by atoms with E-state index in [1.807, 2.05) is 0 Å². The minimum absolute atomic E-state index is 0. The number of rotatable bonds is 17. The molecule has 1 aromatic rings. The summed E-state index contributed by atoms with van der Waals surface area (Å²) in [5.74, 6) is -2.70. The van der Waals surface area contributed by atoms with Crippen LogP contribution in [0.1, 0.15) is 31.2 Å². The van der Waals surface area contributed by atoms with Crippen LogP contribution in [0.4, 0.5) is 0 Å². The number of benzene rings is 1. The summed E-state index contributed by atoms with van der Waals surface area (Å²) in [5, 5.41) is 7.85. The van der Waals surface area contributed by atoms with Crippen LogP contribution < -0.4 is 38.8 Å². The Kier molecular flexibility index (Phi) is 17.1. The van der Waals surface area contributed by atoms with Gasteiger partial charge in [-0.15, -0.1) is 6.58 Å². The number of ether oxygens (including phenoxy) is 2. The molecule has 3 amide bonds. The van der Waals surface area contributed by atoms with Crippen LogP contribution in [0, 0.1) is 5.92 Å². The van der Waals surface area contributed by atoms with E-state index in [2.05, 4.69) is 34.8 Å². The molecule has 0 fully saturated rings. The van der Waals surface area contributed by atoms with Crippen LogP contribution in [0.15, 0.2) is 49.6 Å². The molecule has 0 unspecified atom stereocenters. The maximum Gasteiger partial charge on any atom is 0.328 e. The Balaban J connectivity index is 0.0000130. The van der Waals surface area contributed by atoms with Gasteiger partial charge in [-0.3, -0.25) is 14.4 Å². The maximum atomic E-state index is 13.2. The third-order valence-electron chi connectivity index (χ3n) is 5.44. The molecule has 3 atom stereocenters. The second kappa shape index (κ2) is 18.8. The Morgan fingerprint density at radius 1 is 0.973 bits per heavy atom. The highest BCUT2D eigenvalue weighted by Gasteiger charge is 2.32. The zero-order valence-electron chi connectivity index (χ0n) is 21.6. The first-order valence-corrected chi connectivity index (χ1v) is 11.9. The molecule has 0 spiro atoms. The lowest BCUT2D eigenvalue weighted by molar-refractivity contribution is -0.368. The fraction of sp³-hybridized carbons (Fsp3) is 0.462. The van der Waals surface area contributed by atoms with E-state index in [-0.39, 0.29) is 31.7 Å². The average molecular weight is 539 g/mol. The van der Waals surface area contributed by atoms with E-state index in [1.54, 1.807) is 30.3 Å². The van der Waals surface area contributed by atoms with Crippen LogP contribution in [0.3, 0.4) is 0 Å². The van der Waals surface area contributed by atoms with Crippen LogP contribution in [-0.2, 0) is 30.3 Å². The van der Waals surface area contributed by atoms with E-state index in [0.717, 1.165) is 12.0 Å². The molecule has 206 valence electrons. The molecule has 0 aliphatic heterocycles. The summed E-state index contributed by atoms with van der Waals surface area (Å²) in [6, 6.07) is 5.27. The normalized spacial score (nSPS) is 12.5. The molecule has 0 aliphatic carbocycles. The number of hydrogen-bond acceptors (Lipinski definition) is 6. The molecule has 10 nitrogen and oxygen atoms in total. The first-order valence-electron chi connectivity index (χ1n) is 11.9. The van der Waals surface area contributed by atoms with Gasteiger partial charge in [-0.05, 0) is 43.4 Å². The second-order valence-corrected chi connectivity index (χ2v) is 8.13. The molecule has 0 saturated carbocycles. The molecule has 1 aromatic carbocycles. The van der Waals surface area contributed by atoms with E-state index >= 15 is 0 Å². The quantitative estimate of drug-likeness (QED) is 0.0733. The van der Waals surface area contributed by atoms with Crippen molar-refractivity contribution in [3.05, 3.63) is 55.1 Å². The van der Waals surface area contributed by atoms with Gasteiger partial charge in [-0.1, -0.05) is 30.9 Å². The van der Waals surface area contributed by atoms with Gasteiger partial charge in [0.15, 0.2) is 0 Å². The summed E-state index contributed by atoms with van der Waals surface area (Å²) in [7, 11) is 2.69. The predicted octanol–water partition coefficient (Wildman–Crippen LogP) is -2.71. The highest BCUT2D eigenvalue weighted by Crippen LogP contribution is 2.15. The van der Waals surface area contributed by atoms with Crippen molar-refractivity contribution in [2.75, 3.05) is 27.3 Å². The van der Waals surface area contributed by atoms with Crippen molar-refractivity contribution >= 4 is 23.7 Å². The van der Waals surface area contributed by atoms with E-state index in [4.69, 9.17) is 9.47 Å². The number of nitrogens with one attached hydrogen (secondary N) is 3. The van der Waals surface area contributed by atoms with Crippen LogP contribution in [0.25, 0.3) is 0 Å². The number of amides is 3. The minimum Gasteiger partial charge on any atom is -1.00 e. The third kappa shape index (κ3) is 11.9. The van der Waals surface area contributed by atoms with Crippen molar-refractivity contribution in [3.8, 4) is 5.75 Å². The number of likely N-dealkylation sites (N-methyl/N-ethyl adjacent to an activating group) is 1. The zero-order chi connectivity index (χ0) is 26.9. The molecular formula is C26H39ClN4O6. The molecule has 0 heterocycles. The van der Waals surface area contributed by atoms with Gasteiger partial charge in [0, 0.05) is 13.5 Å². The van der Waals surface area contributed by atoms with Crippen molar-refractivity contribution < 1.29 is 46.8 Å². The Bertz CT molecular complexity index is 894. The summed E-state index contributed by atoms with van der Waals surface area (Å²) < 4.78 is 10.2. The average Bonchev–Trinajstić information content (AvgIpc) is 2.88. The van der Waals surface area contributed by atoms with Crippen molar-refractivity contribution in [3.63, 3.8) is 0 Å². The van der Waals surface area contributed by atoms with Gasteiger partial charge in [0.2, 0.25) is 17.7 Å². The number of carbonyl (C=O) groups is 4. The van der Waals surface area contributed by atoms with Gasteiger partial charge in [-0.2, -0.15) is 0 Å². The Morgan fingerprint density at radius 3 is 2.11 bits per heavy atom. The zero-order valence-corrected chi connectivity index (χ0v) is 22.4. The smallest absolute Gasteiger partial charge is 0.328 e. The summed E-state index contributed by atoms with van der Waals surface area (Å²) >= 11 is 0. The molecule has 1 rings (SSSR count). The van der Waals surface area contributed by atoms with Crippen molar-refractivity contribution in [2.45, 2.75) is 44.2 Å². The fourth-order valence-electron chi connectivity index (χ4n) is 3.47. The van der Waals surface area contributed by atoms with Gasteiger partial charge < -0.3 is 43.6 Å². The van der Waals surface area contributed by atoms with Crippen molar-refractivity contribution in [1.29, 1.82) is 0 Å². The van der Waals surface area contributed by atoms with E-state index in [9.17, 15) is 19.2 Å². The lowest BCUT2D eigenvalue weighted by Crippen LogP contribution is -3.00. The number of carbonyl (C=O) groups excluding carboxylic acids is 4. The summed E-state index contributed by atoms with van der Waals surface area (Å²) in [4.78, 5) is 50.8. The SMILES string of the molecule is C=CCOc1ccc(C[C@H](NC(=O)[C@H](CCCC[NH3+])C(=O)N[C@@H](CC=C)C(=O)OC)C(=O)NC)cc1.[Cl-]. The number of unbranched alkanes of at least 4 members (excludes halogenated alkanes) is 1. The van der Waals surface area contributed by atoms with Gasteiger partial charge in [-0.25, -0.2) is 4.79 Å². The third-order valence-corrected chi connectivity index (χ3v) is 5.44. The van der Waals surface area contributed by atoms with Crippen LogP contribution in [0.2, 0.25) is 0 Å². The molecule has 0 aromatic heterocycles.